The second-order valence-electron chi connectivity index (χ2n) is 5.54. The summed E-state index contributed by atoms with van der Waals surface area (Å²) in [6.07, 6.45) is -10.0. The highest BCUT2D eigenvalue weighted by molar-refractivity contribution is 6.31. The smallest absolute Gasteiger partial charge is 0.416 e. The average molecular weight is 412 g/mol. The number of carbonyl (C=O) groups is 1. The summed E-state index contributed by atoms with van der Waals surface area (Å²) in [6, 6.07) is 5.43. The van der Waals surface area contributed by atoms with Crippen LogP contribution in [0.25, 0.3) is 0 Å². The molecule has 0 aliphatic carbocycles. The molecule has 0 radical (unpaired) electrons. The lowest BCUT2D eigenvalue weighted by atomic mass is 10.1. The molecule has 0 fully saturated rings. The number of halogens is 7. The summed E-state index contributed by atoms with van der Waals surface area (Å²) >= 11 is 5.80. The van der Waals surface area contributed by atoms with Crippen LogP contribution in [0.5, 0.6) is 5.75 Å². The molecule has 0 spiro atoms. The van der Waals surface area contributed by atoms with Crippen LogP contribution < -0.4 is 10.1 Å². The van der Waals surface area contributed by atoms with E-state index in [2.05, 4.69) is 5.32 Å². The van der Waals surface area contributed by atoms with Gasteiger partial charge in [0.1, 0.15) is 5.75 Å². The van der Waals surface area contributed by atoms with Gasteiger partial charge in [0.2, 0.25) is 0 Å². The highest BCUT2D eigenvalue weighted by Crippen LogP contribution is 2.38. The first kappa shape index (κ1) is 20.9. The van der Waals surface area contributed by atoms with Crippen LogP contribution in [0.1, 0.15) is 16.7 Å². The fraction of sp³-hybridized carbons (Fsp3) is 0.235. The Morgan fingerprint density at radius 1 is 1.00 bits per heavy atom. The predicted octanol–water partition coefficient (Wildman–Crippen LogP) is 5.70. The van der Waals surface area contributed by atoms with Gasteiger partial charge in [0, 0.05) is 10.7 Å². The molecule has 27 heavy (non-hydrogen) atoms. The third kappa shape index (κ3) is 5.78. The quantitative estimate of drug-likeness (QED) is 0.655. The van der Waals surface area contributed by atoms with Crippen molar-refractivity contribution < 1.29 is 35.9 Å². The van der Waals surface area contributed by atoms with E-state index in [1.807, 2.05) is 0 Å². The minimum atomic E-state index is -5.00. The van der Waals surface area contributed by atoms with Gasteiger partial charge in [0.05, 0.1) is 11.1 Å². The number of rotatable bonds is 4. The van der Waals surface area contributed by atoms with E-state index in [1.165, 1.54) is 6.07 Å². The molecule has 0 aliphatic heterocycles. The first-order valence-electron chi connectivity index (χ1n) is 7.34. The maximum atomic E-state index is 12.8. The van der Waals surface area contributed by atoms with Gasteiger partial charge < -0.3 is 10.1 Å². The lowest BCUT2D eigenvalue weighted by Crippen LogP contribution is -2.21. The summed E-state index contributed by atoms with van der Waals surface area (Å²) in [6.45, 7) is 0.889. The molecule has 10 heteroatoms. The Bertz CT molecular complexity index is 816. The minimum Gasteiger partial charge on any atom is -0.484 e. The average Bonchev–Trinajstić information content (AvgIpc) is 2.54. The molecule has 0 saturated carbocycles. The maximum Gasteiger partial charge on any atom is 0.416 e. The van der Waals surface area contributed by atoms with Crippen molar-refractivity contribution in [1.82, 2.24) is 0 Å². The minimum absolute atomic E-state index is 0.0255. The van der Waals surface area contributed by atoms with Crippen molar-refractivity contribution in [3.05, 3.63) is 58.1 Å². The van der Waals surface area contributed by atoms with Gasteiger partial charge in [-0.2, -0.15) is 26.3 Å². The molecule has 1 amide bonds. The molecule has 1 N–H and O–H groups in total. The van der Waals surface area contributed by atoms with Gasteiger partial charge in [-0.1, -0.05) is 17.7 Å². The third-order valence-corrected chi connectivity index (χ3v) is 3.64. The molecule has 0 aromatic heterocycles. The standard InChI is InChI=1S/C17H12ClF6NO2/c1-9-2-3-12(18)7-14(9)25-15(26)8-27-13-5-10(16(19,20)21)4-11(6-13)17(22,23)24/h2-7H,8H2,1H3,(H,25,26). The van der Waals surface area contributed by atoms with E-state index in [4.69, 9.17) is 16.3 Å². The molecule has 2 rings (SSSR count). The van der Waals surface area contributed by atoms with Crippen molar-refractivity contribution in [3.8, 4) is 5.75 Å². The second-order valence-corrected chi connectivity index (χ2v) is 5.97. The van der Waals surface area contributed by atoms with Crippen LogP contribution in [0.2, 0.25) is 5.02 Å². The number of benzene rings is 2. The zero-order valence-electron chi connectivity index (χ0n) is 13.6. The van der Waals surface area contributed by atoms with Gasteiger partial charge in [-0.05, 0) is 42.8 Å². The third-order valence-electron chi connectivity index (χ3n) is 3.40. The van der Waals surface area contributed by atoms with E-state index in [1.54, 1.807) is 19.1 Å². The number of aryl methyl sites for hydroxylation is 1. The molecule has 0 atom stereocenters. The molecule has 0 heterocycles. The summed E-state index contributed by atoms with van der Waals surface area (Å²) in [5.74, 6) is -1.50. The van der Waals surface area contributed by atoms with Crippen LogP contribution >= 0.6 is 11.6 Å². The van der Waals surface area contributed by atoms with Gasteiger partial charge in [0.25, 0.3) is 5.91 Å². The number of hydrogen-bond donors (Lipinski definition) is 1. The van der Waals surface area contributed by atoms with Crippen molar-refractivity contribution in [2.45, 2.75) is 19.3 Å². The van der Waals surface area contributed by atoms with E-state index in [9.17, 15) is 31.1 Å². The van der Waals surface area contributed by atoms with Crippen LogP contribution in [0.3, 0.4) is 0 Å². The molecule has 0 bridgehead atoms. The number of hydrogen-bond acceptors (Lipinski definition) is 2. The van der Waals surface area contributed by atoms with E-state index in [0.29, 0.717) is 28.4 Å². The van der Waals surface area contributed by atoms with Crippen molar-refractivity contribution >= 4 is 23.2 Å². The van der Waals surface area contributed by atoms with Gasteiger partial charge in [-0.25, -0.2) is 0 Å². The molecule has 0 unspecified atom stereocenters. The number of anilines is 1. The number of ether oxygens (including phenoxy) is 1. The van der Waals surface area contributed by atoms with Crippen molar-refractivity contribution in [1.29, 1.82) is 0 Å². The molecule has 146 valence electrons. The van der Waals surface area contributed by atoms with Gasteiger partial charge >= 0.3 is 12.4 Å². The monoisotopic (exact) mass is 411 g/mol. The lowest BCUT2D eigenvalue weighted by molar-refractivity contribution is -0.143. The maximum absolute atomic E-state index is 12.8. The molecule has 0 saturated heterocycles. The van der Waals surface area contributed by atoms with Crippen molar-refractivity contribution in [3.63, 3.8) is 0 Å². The second kappa shape index (κ2) is 7.67. The summed E-state index contributed by atoms with van der Waals surface area (Å²) in [5.41, 5.74) is -2.06. The zero-order valence-corrected chi connectivity index (χ0v) is 14.4. The lowest BCUT2D eigenvalue weighted by Gasteiger charge is -2.15. The normalized spacial score (nSPS) is 12.0. The molecule has 2 aromatic carbocycles. The highest BCUT2D eigenvalue weighted by Gasteiger charge is 2.37. The summed E-state index contributed by atoms with van der Waals surface area (Å²) in [7, 11) is 0. The number of alkyl halides is 6. The number of carbonyl (C=O) groups excluding carboxylic acids is 1. The van der Waals surface area contributed by atoms with Gasteiger partial charge in [-0.3, -0.25) is 4.79 Å². The van der Waals surface area contributed by atoms with Crippen LogP contribution in [0.4, 0.5) is 32.0 Å². The van der Waals surface area contributed by atoms with E-state index < -0.39 is 41.7 Å². The summed E-state index contributed by atoms with van der Waals surface area (Å²) in [5, 5.41) is 2.76. The van der Waals surface area contributed by atoms with E-state index in [0.717, 1.165) is 0 Å². The highest BCUT2D eigenvalue weighted by atomic mass is 35.5. The first-order valence-corrected chi connectivity index (χ1v) is 7.72. The van der Waals surface area contributed by atoms with Crippen molar-refractivity contribution in [2.24, 2.45) is 0 Å². The SMILES string of the molecule is Cc1ccc(Cl)cc1NC(=O)COc1cc(C(F)(F)F)cc(C(F)(F)F)c1. The molecular formula is C17H12ClF6NO2. The Kier molecular flexibility index (Phi) is 5.94. The topological polar surface area (TPSA) is 38.3 Å². The molecule has 2 aromatic rings. The van der Waals surface area contributed by atoms with Crippen LogP contribution in [-0.4, -0.2) is 12.5 Å². The van der Waals surface area contributed by atoms with Gasteiger partial charge in [0.15, 0.2) is 6.61 Å². The van der Waals surface area contributed by atoms with Crippen LogP contribution in [0.15, 0.2) is 36.4 Å². The first-order chi connectivity index (χ1) is 12.4. The predicted molar refractivity (Wildman–Crippen MR) is 86.8 cm³/mol. The molecular weight excluding hydrogens is 400 g/mol. The fourth-order valence-electron chi connectivity index (χ4n) is 2.07. The van der Waals surface area contributed by atoms with Crippen LogP contribution in [-0.2, 0) is 17.1 Å². The van der Waals surface area contributed by atoms with E-state index in [-0.39, 0.29) is 6.07 Å². The van der Waals surface area contributed by atoms with E-state index >= 15 is 0 Å². The Hall–Kier alpha value is -2.42. The Morgan fingerprint density at radius 3 is 2.07 bits per heavy atom. The Morgan fingerprint density at radius 2 is 1.56 bits per heavy atom. The Labute approximate surface area is 154 Å². The summed E-state index contributed by atoms with van der Waals surface area (Å²) < 4.78 is 81.6. The Balaban J connectivity index is 2.17. The molecule has 3 nitrogen and oxygen atoms in total. The number of amides is 1. The zero-order chi connectivity index (χ0) is 20.4. The largest absolute Gasteiger partial charge is 0.484 e. The fourth-order valence-corrected chi connectivity index (χ4v) is 2.25. The summed E-state index contributed by atoms with van der Waals surface area (Å²) in [4.78, 5) is 11.9. The van der Waals surface area contributed by atoms with Gasteiger partial charge in [-0.15, -0.1) is 0 Å². The van der Waals surface area contributed by atoms with Crippen LogP contribution in [0, 0.1) is 6.92 Å². The molecule has 0 aliphatic rings. The van der Waals surface area contributed by atoms with Crippen molar-refractivity contribution in [2.75, 3.05) is 11.9 Å². The number of nitrogens with one attached hydrogen (secondary N) is 1.